The molecule has 0 unspecified atom stereocenters. The van der Waals surface area contributed by atoms with Crippen molar-refractivity contribution in [3.05, 3.63) is 59.4 Å². The van der Waals surface area contributed by atoms with Crippen LogP contribution in [0.25, 0.3) is 17.0 Å². The van der Waals surface area contributed by atoms with Gasteiger partial charge in [0.2, 0.25) is 5.75 Å². The molecule has 3 aromatic rings. The average molecular weight is 478 g/mol. The van der Waals surface area contributed by atoms with Crippen LogP contribution in [-0.4, -0.2) is 55.7 Å². The van der Waals surface area contributed by atoms with Crippen molar-refractivity contribution in [3.8, 4) is 17.2 Å². The number of para-hydroxylation sites is 1. The van der Waals surface area contributed by atoms with E-state index < -0.39 is 5.91 Å². The Bertz CT molecular complexity index is 1250. The maximum atomic E-state index is 13.5. The molecule has 1 saturated heterocycles. The molecule has 4 rings (SSSR count). The number of hydrogen-bond donors (Lipinski definition) is 1. The van der Waals surface area contributed by atoms with E-state index in [1.165, 1.54) is 21.3 Å². The maximum absolute atomic E-state index is 13.5. The normalized spacial score (nSPS) is 14.1. The van der Waals surface area contributed by atoms with E-state index >= 15 is 0 Å². The van der Waals surface area contributed by atoms with Gasteiger partial charge in [-0.3, -0.25) is 9.59 Å². The van der Waals surface area contributed by atoms with Crippen molar-refractivity contribution in [2.75, 3.05) is 34.4 Å². The van der Waals surface area contributed by atoms with Gasteiger partial charge in [0.05, 0.1) is 21.3 Å². The Morgan fingerprint density at radius 1 is 0.943 bits per heavy atom. The maximum Gasteiger partial charge on any atom is 0.270 e. The number of carbonyl (C=O) groups excluding carboxylic acids is 2. The average Bonchev–Trinajstić information content (AvgIpc) is 3.22. The second-order valence-corrected chi connectivity index (χ2v) is 8.49. The number of nitrogens with zero attached hydrogens (tertiary/aromatic N) is 2. The Morgan fingerprint density at radius 3 is 2.23 bits per heavy atom. The van der Waals surface area contributed by atoms with E-state index in [-0.39, 0.29) is 17.2 Å². The third-order valence-corrected chi connectivity index (χ3v) is 6.28. The van der Waals surface area contributed by atoms with Crippen LogP contribution in [0.3, 0.4) is 0 Å². The van der Waals surface area contributed by atoms with Crippen LogP contribution in [0.2, 0.25) is 0 Å². The third-order valence-electron chi connectivity index (χ3n) is 6.28. The highest BCUT2D eigenvalue weighted by molar-refractivity contribution is 6.07. The third kappa shape index (κ3) is 4.96. The van der Waals surface area contributed by atoms with Gasteiger partial charge in [0.1, 0.15) is 5.70 Å². The van der Waals surface area contributed by atoms with E-state index in [0.29, 0.717) is 30.3 Å². The van der Waals surface area contributed by atoms with Crippen molar-refractivity contribution in [2.24, 2.45) is 7.05 Å². The Kier molecular flexibility index (Phi) is 7.29. The molecule has 184 valence electrons. The van der Waals surface area contributed by atoms with Crippen LogP contribution < -0.4 is 19.5 Å². The summed E-state index contributed by atoms with van der Waals surface area (Å²) in [5.41, 5.74) is 2.41. The van der Waals surface area contributed by atoms with Gasteiger partial charge in [-0.05, 0) is 43.5 Å². The predicted molar refractivity (Wildman–Crippen MR) is 135 cm³/mol. The summed E-state index contributed by atoms with van der Waals surface area (Å²) in [6.07, 6.45) is 6.72. The fraction of sp³-hybridized carbons (Fsp3) is 0.333. The van der Waals surface area contributed by atoms with Crippen molar-refractivity contribution < 1.29 is 23.8 Å². The summed E-state index contributed by atoms with van der Waals surface area (Å²) in [5, 5.41) is 3.86. The largest absolute Gasteiger partial charge is 0.493 e. The number of ether oxygens (including phenoxy) is 3. The molecule has 1 aliphatic heterocycles. The van der Waals surface area contributed by atoms with Crippen molar-refractivity contribution in [1.29, 1.82) is 0 Å². The van der Waals surface area contributed by atoms with E-state index in [2.05, 4.69) is 5.32 Å². The number of aryl methyl sites for hydroxylation is 1. The summed E-state index contributed by atoms with van der Waals surface area (Å²) in [7, 11) is 6.44. The molecule has 1 aromatic heterocycles. The summed E-state index contributed by atoms with van der Waals surface area (Å²) < 4.78 is 18.1. The second-order valence-electron chi connectivity index (χ2n) is 8.49. The quantitative estimate of drug-likeness (QED) is 0.521. The molecule has 8 nitrogen and oxygen atoms in total. The number of rotatable bonds is 7. The molecular weight excluding hydrogens is 446 g/mol. The summed E-state index contributed by atoms with van der Waals surface area (Å²) in [6, 6.07) is 11.1. The van der Waals surface area contributed by atoms with E-state index in [1.807, 2.05) is 42.1 Å². The fourth-order valence-corrected chi connectivity index (χ4v) is 4.47. The number of hydrogen-bond acceptors (Lipinski definition) is 5. The van der Waals surface area contributed by atoms with E-state index in [1.54, 1.807) is 23.1 Å². The zero-order valence-electron chi connectivity index (χ0n) is 20.6. The molecule has 0 radical (unpaired) electrons. The molecule has 0 spiro atoms. The SMILES string of the molecule is COc1cc(C(=O)NC(=Cc2cn(C)c3ccccc23)C(=O)N2CCCCC2)cc(OC)c1OC. The molecule has 2 heterocycles. The minimum Gasteiger partial charge on any atom is -0.493 e. The zero-order chi connectivity index (χ0) is 24.9. The lowest BCUT2D eigenvalue weighted by Gasteiger charge is -2.27. The minimum absolute atomic E-state index is 0.196. The standard InChI is InChI=1S/C27H31N3O5/c1-29-17-19(20-10-6-7-11-22(20)29)14-21(27(32)30-12-8-5-9-13-30)28-26(31)18-15-23(33-2)25(35-4)24(16-18)34-3/h6-7,10-11,14-17H,5,8-9,12-13H2,1-4H3,(H,28,31). The number of piperidine rings is 1. The Balaban J connectivity index is 1.74. The lowest BCUT2D eigenvalue weighted by Crippen LogP contribution is -2.41. The van der Waals surface area contributed by atoms with Gasteiger partial charge in [0, 0.05) is 48.4 Å². The molecule has 0 saturated carbocycles. The van der Waals surface area contributed by atoms with Crippen LogP contribution in [0, 0.1) is 0 Å². The number of benzene rings is 2. The number of nitrogens with one attached hydrogen (secondary N) is 1. The first kappa shape index (κ1) is 24.2. The lowest BCUT2D eigenvalue weighted by atomic mass is 10.1. The molecule has 0 bridgehead atoms. The van der Waals surface area contributed by atoms with Crippen LogP contribution in [-0.2, 0) is 11.8 Å². The van der Waals surface area contributed by atoms with Crippen molar-refractivity contribution in [1.82, 2.24) is 14.8 Å². The summed E-state index contributed by atoms with van der Waals surface area (Å²) in [4.78, 5) is 28.7. The highest BCUT2D eigenvalue weighted by atomic mass is 16.5. The van der Waals surface area contributed by atoms with E-state index in [4.69, 9.17) is 14.2 Å². The molecule has 1 N–H and O–H groups in total. The first-order valence-electron chi connectivity index (χ1n) is 11.6. The number of methoxy groups -OCH3 is 3. The Labute approximate surface area is 205 Å². The number of likely N-dealkylation sites (tertiary alicyclic amines) is 1. The van der Waals surface area contributed by atoms with Crippen molar-refractivity contribution in [2.45, 2.75) is 19.3 Å². The number of fused-ring (bicyclic) bond motifs is 1. The molecule has 0 atom stereocenters. The Hall–Kier alpha value is -3.94. The van der Waals surface area contributed by atoms with Crippen LogP contribution in [0.1, 0.15) is 35.2 Å². The number of amides is 2. The van der Waals surface area contributed by atoms with Gasteiger partial charge in [-0.15, -0.1) is 0 Å². The summed E-state index contributed by atoms with van der Waals surface area (Å²) >= 11 is 0. The lowest BCUT2D eigenvalue weighted by molar-refractivity contribution is -0.128. The van der Waals surface area contributed by atoms with Gasteiger partial charge in [-0.25, -0.2) is 0 Å². The molecule has 1 aliphatic rings. The molecule has 2 amide bonds. The van der Waals surface area contributed by atoms with Crippen molar-refractivity contribution >= 4 is 28.8 Å². The molecular formula is C27H31N3O5. The van der Waals surface area contributed by atoms with Gasteiger partial charge in [0.25, 0.3) is 11.8 Å². The van der Waals surface area contributed by atoms with Crippen LogP contribution in [0.5, 0.6) is 17.2 Å². The highest BCUT2D eigenvalue weighted by Crippen LogP contribution is 2.38. The monoisotopic (exact) mass is 477 g/mol. The zero-order valence-corrected chi connectivity index (χ0v) is 20.6. The smallest absolute Gasteiger partial charge is 0.270 e. The predicted octanol–water partition coefficient (Wildman–Crippen LogP) is 3.99. The fourth-order valence-electron chi connectivity index (χ4n) is 4.47. The molecule has 8 heteroatoms. The van der Waals surface area contributed by atoms with Crippen LogP contribution in [0.15, 0.2) is 48.3 Å². The van der Waals surface area contributed by atoms with Gasteiger partial charge in [-0.2, -0.15) is 0 Å². The van der Waals surface area contributed by atoms with Gasteiger partial charge in [-0.1, -0.05) is 18.2 Å². The molecule has 2 aromatic carbocycles. The van der Waals surface area contributed by atoms with E-state index in [0.717, 1.165) is 35.7 Å². The van der Waals surface area contributed by atoms with Crippen molar-refractivity contribution in [3.63, 3.8) is 0 Å². The minimum atomic E-state index is -0.443. The van der Waals surface area contributed by atoms with Crippen LogP contribution >= 0.6 is 0 Å². The summed E-state index contributed by atoms with van der Waals surface area (Å²) in [5.74, 6) is 0.472. The topological polar surface area (TPSA) is 82.0 Å². The van der Waals surface area contributed by atoms with Gasteiger partial charge < -0.3 is 29.0 Å². The van der Waals surface area contributed by atoms with Gasteiger partial charge >= 0.3 is 0 Å². The first-order chi connectivity index (χ1) is 17.0. The Morgan fingerprint density at radius 2 is 1.60 bits per heavy atom. The van der Waals surface area contributed by atoms with Crippen LogP contribution in [0.4, 0.5) is 0 Å². The highest BCUT2D eigenvalue weighted by Gasteiger charge is 2.24. The second kappa shape index (κ2) is 10.5. The molecule has 0 aliphatic carbocycles. The summed E-state index contributed by atoms with van der Waals surface area (Å²) in [6.45, 7) is 1.34. The van der Waals surface area contributed by atoms with E-state index in [9.17, 15) is 9.59 Å². The first-order valence-corrected chi connectivity index (χ1v) is 11.6. The van der Waals surface area contributed by atoms with Gasteiger partial charge in [0.15, 0.2) is 11.5 Å². The number of carbonyl (C=O) groups is 2. The molecule has 35 heavy (non-hydrogen) atoms. The molecule has 1 fully saturated rings. The number of aromatic nitrogens is 1.